The number of aromatic nitrogens is 2. The summed E-state index contributed by atoms with van der Waals surface area (Å²) in [6.07, 6.45) is 7.36. The molecule has 0 bridgehead atoms. The van der Waals surface area contributed by atoms with E-state index < -0.39 is 0 Å². The fourth-order valence-corrected chi connectivity index (χ4v) is 4.36. The van der Waals surface area contributed by atoms with Gasteiger partial charge in [-0.15, -0.1) is 10.2 Å². The maximum absolute atomic E-state index is 4.16. The second-order valence-electron chi connectivity index (χ2n) is 3.82. The predicted octanol–water partition coefficient (Wildman–Crippen LogP) is 2.88. The lowest BCUT2D eigenvalue weighted by atomic mass is 10.0. The van der Waals surface area contributed by atoms with E-state index >= 15 is 0 Å². The van der Waals surface area contributed by atoms with E-state index in [0.717, 1.165) is 20.5 Å². The first kappa shape index (κ1) is 12.7. The molecule has 0 spiro atoms. The van der Waals surface area contributed by atoms with Crippen molar-refractivity contribution in [1.29, 1.82) is 0 Å². The zero-order chi connectivity index (χ0) is 11.2. The van der Waals surface area contributed by atoms with Gasteiger partial charge in [0.05, 0.1) is 0 Å². The van der Waals surface area contributed by atoms with Crippen molar-refractivity contribution in [2.45, 2.75) is 40.4 Å². The fourth-order valence-electron chi connectivity index (χ4n) is 1.80. The third-order valence-corrected chi connectivity index (χ3v) is 5.73. The molecule has 6 heteroatoms. The third-order valence-electron chi connectivity index (χ3n) is 2.67. The van der Waals surface area contributed by atoms with Crippen LogP contribution in [0.2, 0.25) is 0 Å². The van der Waals surface area contributed by atoms with Crippen LogP contribution in [-0.2, 0) is 0 Å². The Kier molecular flexibility index (Phi) is 5.41. The molecule has 1 unspecified atom stereocenters. The number of thioether (sulfide) groups is 2. The molecule has 0 radical (unpaired) electrons. The first-order valence-electron chi connectivity index (χ1n) is 5.62. The predicted molar refractivity (Wildman–Crippen MR) is 72.7 cm³/mol. The molecule has 0 amide bonds. The number of nitrogens with one attached hydrogen (secondary N) is 1. The molecule has 1 aromatic heterocycles. The number of piperidine rings is 1. The van der Waals surface area contributed by atoms with Crippen LogP contribution in [0, 0.1) is 0 Å². The van der Waals surface area contributed by atoms with Crippen LogP contribution in [0.3, 0.4) is 0 Å². The summed E-state index contributed by atoms with van der Waals surface area (Å²) in [5, 5.41) is 11.8. The lowest BCUT2D eigenvalue weighted by Gasteiger charge is -2.22. The number of nitrogens with zero attached hydrogens (tertiary/aromatic N) is 2. The molecule has 0 saturated carbocycles. The van der Waals surface area contributed by atoms with Crippen molar-refractivity contribution in [3.8, 4) is 0 Å². The summed E-state index contributed by atoms with van der Waals surface area (Å²) >= 11 is 5.22. The van der Waals surface area contributed by atoms with Crippen LogP contribution in [0.5, 0.6) is 0 Å². The van der Waals surface area contributed by atoms with E-state index in [1.807, 2.05) is 18.0 Å². The Balaban J connectivity index is 1.66. The highest BCUT2D eigenvalue weighted by Gasteiger charge is 2.12. The van der Waals surface area contributed by atoms with Gasteiger partial charge in [0.15, 0.2) is 8.68 Å². The highest BCUT2D eigenvalue weighted by molar-refractivity contribution is 8.02. The molecule has 1 saturated heterocycles. The van der Waals surface area contributed by atoms with Gasteiger partial charge in [0.2, 0.25) is 0 Å². The zero-order valence-electron chi connectivity index (χ0n) is 9.44. The van der Waals surface area contributed by atoms with Gasteiger partial charge in [-0.3, -0.25) is 0 Å². The topological polar surface area (TPSA) is 37.8 Å². The first-order chi connectivity index (χ1) is 7.88. The van der Waals surface area contributed by atoms with E-state index in [0.29, 0.717) is 0 Å². The molecule has 1 fully saturated rings. The SMILES string of the molecule is CSc1nnc(SCCC2CCCCN2)s1. The Hall–Kier alpha value is 0.220. The molecule has 2 rings (SSSR count). The summed E-state index contributed by atoms with van der Waals surface area (Å²) in [6, 6.07) is 0.731. The van der Waals surface area contributed by atoms with Gasteiger partial charge in [-0.05, 0) is 32.1 Å². The third kappa shape index (κ3) is 3.91. The molecule has 90 valence electrons. The zero-order valence-corrected chi connectivity index (χ0v) is 11.9. The molecular formula is C10H17N3S3. The van der Waals surface area contributed by atoms with Gasteiger partial charge in [0, 0.05) is 11.8 Å². The van der Waals surface area contributed by atoms with E-state index in [1.54, 1.807) is 23.1 Å². The molecule has 2 heterocycles. The van der Waals surface area contributed by atoms with Gasteiger partial charge >= 0.3 is 0 Å². The molecular weight excluding hydrogens is 258 g/mol. The number of hydrogen-bond acceptors (Lipinski definition) is 6. The average molecular weight is 275 g/mol. The minimum Gasteiger partial charge on any atom is -0.314 e. The first-order valence-corrected chi connectivity index (χ1v) is 8.65. The minimum absolute atomic E-state index is 0.731. The fraction of sp³-hybridized carbons (Fsp3) is 0.800. The van der Waals surface area contributed by atoms with Crippen molar-refractivity contribution in [2.24, 2.45) is 0 Å². The van der Waals surface area contributed by atoms with E-state index in [4.69, 9.17) is 0 Å². The minimum atomic E-state index is 0.731. The summed E-state index contributed by atoms with van der Waals surface area (Å²) in [7, 11) is 0. The lowest BCUT2D eigenvalue weighted by molar-refractivity contribution is 0.395. The standard InChI is InChI=1S/C10H17N3S3/c1-14-9-12-13-10(16-9)15-7-5-8-4-2-3-6-11-8/h8,11H,2-7H2,1H3. The van der Waals surface area contributed by atoms with Crippen molar-refractivity contribution >= 4 is 34.9 Å². The van der Waals surface area contributed by atoms with Crippen LogP contribution >= 0.6 is 34.9 Å². The second-order valence-corrected chi connectivity index (χ2v) is 7.19. The molecule has 3 nitrogen and oxygen atoms in total. The molecule has 1 N–H and O–H groups in total. The molecule has 1 aromatic rings. The Labute approximate surface area is 109 Å². The van der Waals surface area contributed by atoms with Gasteiger partial charge in [-0.25, -0.2) is 0 Å². The average Bonchev–Trinajstić information content (AvgIpc) is 2.78. The van der Waals surface area contributed by atoms with Gasteiger partial charge in [-0.2, -0.15) is 0 Å². The molecule has 0 aliphatic carbocycles. The molecule has 1 atom stereocenters. The van der Waals surface area contributed by atoms with E-state index in [2.05, 4.69) is 15.5 Å². The molecule has 0 aromatic carbocycles. The van der Waals surface area contributed by atoms with Gasteiger partial charge in [0.25, 0.3) is 0 Å². The Morgan fingerprint density at radius 2 is 2.25 bits per heavy atom. The molecule has 16 heavy (non-hydrogen) atoms. The molecule has 1 aliphatic heterocycles. The Morgan fingerprint density at radius 1 is 1.38 bits per heavy atom. The van der Waals surface area contributed by atoms with Gasteiger partial charge in [-0.1, -0.05) is 41.3 Å². The van der Waals surface area contributed by atoms with E-state index in [1.165, 1.54) is 32.2 Å². The highest BCUT2D eigenvalue weighted by atomic mass is 32.2. The lowest BCUT2D eigenvalue weighted by Crippen LogP contribution is -2.34. The van der Waals surface area contributed by atoms with E-state index in [-0.39, 0.29) is 0 Å². The monoisotopic (exact) mass is 275 g/mol. The second kappa shape index (κ2) is 6.83. The number of rotatable bonds is 5. The van der Waals surface area contributed by atoms with Crippen LogP contribution in [-0.4, -0.2) is 34.8 Å². The highest BCUT2D eigenvalue weighted by Crippen LogP contribution is 2.28. The van der Waals surface area contributed by atoms with Crippen molar-refractivity contribution in [3.63, 3.8) is 0 Å². The summed E-state index contributed by atoms with van der Waals surface area (Å²) in [4.78, 5) is 0. The van der Waals surface area contributed by atoms with Crippen molar-refractivity contribution in [2.75, 3.05) is 18.6 Å². The largest absolute Gasteiger partial charge is 0.314 e. The smallest absolute Gasteiger partial charge is 0.175 e. The maximum Gasteiger partial charge on any atom is 0.175 e. The van der Waals surface area contributed by atoms with Gasteiger partial charge in [0.1, 0.15) is 0 Å². The Bertz CT molecular complexity index is 310. The quantitative estimate of drug-likeness (QED) is 0.836. The summed E-state index contributed by atoms with van der Waals surface area (Å²) in [5.74, 6) is 1.15. The van der Waals surface area contributed by atoms with Crippen LogP contribution < -0.4 is 5.32 Å². The normalized spacial score (nSPS) is 21.2. The van der Waals surface area contributed by atoms with Crippen LogP contribution in [0.25, 0.3) is 0 Å². The maximum atomic E-state index is 4.16. The van der Waals surface area contributed by atoms with Crippen molar-refractivity contribution < 1.29 is 0 Å². The number of hydrogen-bond donors (Lipinski definition) is 1. The summed E-state index contributed by atoms with van der Waals surface area (Å²) < 4.78 is 2.18. The molecule has 1 aliphatic rings. The van der Waals surface area contributed by atoms with Gasteiger partial charge < -0.3 is 5.32 Å². The van der Waals surface area contributed by atoms with Crippen LogP contribution in [0.1, 0.15) is 25.7 Å². The van der Waals surface area contributed by atoms with Crippen LogP contribution in [0.4, 0.5) is 0 Å². The van der Waals surface area contributed by atoms with Crippen LogP contribution in [0.15, 0.2) is 8.68 Å². The summed E-state index contributed by atoms with van der Waals surface area (Å²) in [5.41, 5.74) is 0. The van der Waals surface area contributed by atoms with Crippen molar-refractivity contribution in [1.82, 2.24) is 15.5 Å². The summed E-state index contributed by atoms with van der Waals surface area (Å²) in [6.45, 7) is 1.20. The Morgan fingerprint density at radius 3 is 2.94 bits per heavy atom. The van der Waals surface area contributed by atoms with Crippen molar-refractivity contribution in [3.05, 3.63) is 0 Å². The van der Waals surface area contributed by atoms with E-state index in [9.17, 15) is 0 Å².